The third-order valence-corrected chi connectivity index (χ3v) is 4.92. The maximum absolute atomic E-state index is 12.2. The summed E-state index contributed by atoms with van der Waals surface area (Å²) >= 11 is 9.08. The van der Waals surface area contributed by atoms with Crippen molar-refractivity contribution in [3.05, 3.63) is 63.1 Å². The quantitative estimate of drug-likeness (QED) is 0.828. The second kappa shape index (κ2) is 6.16. The average molecular weight is 375 g/mol. The molecule has 0 heterocycles. The Hall–Kier alpha value is -1.04. The molecule has 2 N–H and O–H groups in total. The first-order chi connectivity index (χ1) is 9.34. The maximum atomic E-state index is 12.2. The minimum Gasteiger partial charge on any atom is -0.399 e. The van der Waals surface area contributed by atoms with Crippen LogP contribution in [0.5, 0.6) is 0 Å². The van der Waals surface area contributed by atoms with Crippen molar-refractivity contribution in [2.45, 2.75) is 11.5 Å². The Morgan fingerprint density at radius 2 is 1.60 bits per heavy atom. The smallest absolute Gasteiger partial charge is 0.158 e. The Morgan fingerprint density at radius 1 is 1.00 bits per heavy atom. The van der Waals surface area contributed by atoms with Crippen molar-refractivity contribution in [3.63, 3.8) is 0 Å². The molecular formula is C14H13BrClNO2S. The second-order valence-corrected chi connectivity index (χ2v) is 7.97. The number of nitrogens with two attached hydrogens (primary N) is 1. The van der Waals surface area contributed by atoms with Crippen molar-refractivity contribution in [3.8, 4) is 0 Å². The lowest BCUT2D eigenvalue weighted by atomic mass is 10.2. The molecule has 3 nitrogen and oxygen atoms in total. The largest absolute Gasteiger partial charge is 0.399 e. The van der Waals surface area contributed by atoms with Gasteiger partial charge in [-0.1, -0.05) is 39.7 Å². The van der Waals surface area contributed by atoms with Crippen molar-refractivity contribution < 1.29 is 8.42 Å². The molecule has 0 aliphatic heterocycles. The highest BCUT2D eigenvalue weighted by Crippen LogP contribution is 2.21. The Bertz CT molecular complexity index is 694. The molecule has 2 aromatic rings. The minimum atomic E-state index is -3.25. The molecule has 0 aromatic heterocycles. The summed E-state index contributed by atoms with van der Waals surface area (Å²) in [6.45, 7) is 0. The van der Waals surface area contributed by atoms with Crippen molar-refractivity contribution in [2.75, 3.05) is 5.73 Å². The van der Waals surface area contributed by atoms with E-state index in [0.717, 1.165) is 10.0 Å². The van der Waals surface area contributed by atoms with Gasteiger partial charge in [-0.25, -0.2) is 8.42 Å². The number of sulfone groups is 1. The highest BCUT2D eigenvalue weighted by molar-refractivity contribution is 9.10. The number of hydrogen-bond donors (Lipinski definition) is 1. The number of nitrogen functional groups attached to an aromatic ring is 1. The monoisotopic (exact) mass is 373 g/mol. The summed E-state index contributed by atoms with van der Waals surface area (Å²) in [4.78, 5) is 0. The van der Waals surface area contributed by atoms with Crippen LogP contribution in [0.4, 0.5) is 5.69 Å². The minimum absolute atomic E-state index is 0.0173. The third kappa shape index (κ3) is 4.51. The van der Waals surface area contributed by atoms with Gasteiger partial charge < -0.3 is 5.73 Å². The molecule has 0 atom stereocenters. The summed E-state index contributed by atoms with van der Waals surface area (Å²) in [6.07, 6.45) is 0. The molecule has 0 saturated heterocycles. The molecule has 6 heteroatoms. The summed E-state index contributed by atoms with van der Waals surface area (Å²) in [7, 11) is -3.25. The van der Waals surface area contributed by atoms with E-state index in [9.17, 15) is 8.42 Å². The molecule has 2 aromatic carbocycles. The predicted octanol–water partition coefficient (Wildman–Crippen LogP) is 3.80. The van der Waals surface area contributed by atoms with E-state index in [1.54, 1.807) is 42.5 Å². The van der Waals surface area contributed by atoms with Gasteiger partial charge in [0.15, 0.2) is 9.84 Å². The average Bonchev–Trinajstić information content (AvgIpc) is 2.29. The van der Waals surface area contributed by atoms with E-state index < -0.39 is 9.84 Å². The predicted molar refractivity (Wildman–Crippen MR) is 86.3 cm³/mol. The summed E-state index contributed by atoms with van der Waals surface area (Å²) in [6, 6.07) is 12.0. The van der Waals surface area contributed by atoms with Crippen LogP contribution in [-0.4, -0.2) is 8.42 Å². The van der Waals surface area contributed by atoms with Crippen molar-refractivity contribution in [2.24, 2.45) is 0 Å². The van der Waals surface area contributed by atoms with Crippen LogP contribution in [0.25, 0.3) is 0 Å². The topological polar surface area (TPSA) is 60.2 Å². The zero-order valence-corrected chi connectivity index (χ0v) is 13.7. The summed E-state index contributed by atoms with van der Waals surface area (Å²) in [5, 5.41) is 0.589. The van der Waals surface area contributed by atoms with Crippen LogP contribution in [0.2, 0.25) is 5.02 Å². The third-order valence-electron chi connectivity index (χ3n) is 2.67. The number of hydrogen-bond acceptors (Lipinski definition) is 3. The Labute approximate surface area is 131 Å². The maximum Gasteiger partial charge on any atom is 0.158 e. The number of rotatable bonds is 4. The van der Waals surface area contributed by atoms with Gasteiger partial charge in [-0.3, -0.25) is 0 Å². The SMILES string of the molecule is Nc1cc(Br)cc(CS(=O)(=O)Cc2ccc(Cl)cc2)c1. The fourth-order valence-electron chi connectivity index (χ4n) is 1.90. The van der Waals surface area contributed by atoms with E-state index >= 15 is 0 Å². The van der Waals surface area contributed by atoms with Crippen LogP contribution in [0, 0.1) is 0 Å². The van der Waals surface area contributed by atoms with E-state index in [4.69, 9.17) is 17.3 Å². The van der Waals surface area contributed by atoms with E-state index in [1.165, 1.54) is 0 Å². The molecule has 0 amide bonds. The number of anilines is 1. The first-order valence-electron chi connectivity index (χ1n) is 5.84. The molecule has 0 unspecified atom stereocenters. The Kier molecular flexibility index (Phi) is 4.73. The highest BCUT2D eigenvalue weighted by atomic mass is 79.9. The van der Waals surface area contributed by atoms with Crippen LogP contribution in [0.3, 0.4) is 0 Å². The second-order valence-electron chi connectivity index (χ2n) is 4.55. The first kappa shape index (κ1) is 15.4. The van der Waals surface area contributed by atoms with Gasteiger partial charge in [-0.2, -0.15) is 0 Å². The zero-order chi connectivity index (χ0) is 14.8. The van der Waals surface area contributed by atoms with Gasteiger partial charge in [-0.05, 0) is 41.5 Å². The lowest BCUT2D eigenvalue weighted by Gasteiger charge is -2.07. The number of benzene rings is 2. The van der Waals surface area contributed by atoms with Gasteiger partial charge in [0.05, 0.1) is 11.5 Å². The molecule has 2 rings (SSSR count). The van der Waals surface area contributed by atoms with Crippen LogP contribution < -0.4 is 5.73 Å². The molecule has 20 heavy (non-hydrogen) atoms. The van der Waals surface area contributed by atoms with Crippen LogP contribution in [-0.2, 0) is 21.3 Å². The van der Waals surface area contributed by atoms with E-state index in [-0.39, 0.29) is 11.5 Å². The Morgan fingerprint density at radius 3 is 2.20 bits per heavy atom. The summed E-state index contributed by atoms with van der Waals surface area (Å²) in [5.74, 6) is -0.0597. The van der Waals surface area contributed by atoms with E-state index in [2.05, 4.69) is 15.9 Å². The molecule has 0 spiro atoms. The normalized spacial score (nSPS) is 11.5. The molecule has 0 fully saturated rings. The fraction of sp³-hybridized carbons (Fsp3) is 0.143. The molecule has 0 saturated carbocycles. The summed E-state index contributed by atoms with van der Waals surface area (Å²) in [5.41, 5.74) is 7.64. The molecule has 0 aliphatic carbocycles. The zero-order valence-electron chi connectivity index (χ0n) is 10.5. The van der Waals surface area contributed by atoms with Crippen molar-refractivity contribution in [1.29, 1.82) is 0 Å². The lowest BCUT2D eigenvalue weighted by molar-refractivity contribution is 0.594. The molecule has 0 aliphatic rings. The van der Waals surface area contributed by atoms with E-state index in [0.29, 0.717) is 16.3 Å². The molecule has 0 radical (unpaired) electrons. The van der Waals surface area contributed by atoms with Crippen LogP contribution in [0.1, 0.15) is 11.1 Å². The first-order valence-corrected chi connectivity index (χ1v) is 8.83. The molecule has 106 valence electrons. The highest BCUT2D eigenvalue weighted by Gasteiger charge is 2.14. The fourth-order valence-corrected chi connectivity index (χ4v) is 4.06. The Balaban J connectivity index is 2.16. The van der Waals surface area contributed by atoms with Crippen molar-refractivity contribution >= 4 is 43.1 Å². The number of halogens is 2. The van der Waals surface area contributed by atoms with E-state index in [1.807, 2.05) is 0 Å². The van der Waals surface area contributed by atoms with Gasteiger partial charge >= 0.3 is 0 Å². The molecule has 0 bridgehead atoms. The van der Waals surface area contributed by atoms with Crippen molar-refractivity contribution in [1.82, 2.24) is 0 Å². The van der Waals surface area contributed by atoms with Gasteiger partial charge in [0.2, 0.25) is 0 Å². The summed E-state index contributed by atoms with van der Waals surface area (Å²) < 4.78 is 25.1. The van der Waals surface area contributed by atoms with Crippen LogP contribution in [0.15, 0.2) is 46.9 Å². The lowest BCUT2D eigenvalue weighted by Crippen LogP contribution is -2.08. The van der Waals surface area contributed by atoms with Gasteiger partial charge in [0.25, 0.3) is 0 Å². The molecular weight excluding hydrogens is 362 g/mol. The van der Waals surface area contributed by atoms with Gasteiger partial charge in [0, 0.05) is 15.2 Å². The van der Waals surface area contributed by atoms with Gasteiger partial charge in [-0.15, -0.1) is 0 Å². The van der Waals surface area contributed by atoms with Crippen LogP contribution >= 0.6 is 27.5 Å². The standard InChI is InChI=1S/C14H13BrClNO2S/c15-12-5-11(6-14(17)7-12)9-20(18,19)8-10-1-3-13(16)4-2-10/h1-7H,8-9,17H2. The van der Waals surface area contributed by atoms with Gasteiger partial charge in [0.1, 0.15) is 0 Å².